The second-order valence-corrected chi connectivity index (χ2v) is 7.70. The number of para-hydroxylation sites is 1. The van der Waals surface area contributed by atoms with Gasteiger partial charge < -0.3 is 15.2 Å². The predicted molar refractivity (Wildman–Crippen MR) is 116 cm³/mol. The number of aryl methyl sites for hydroxylation is 1. The molecule has 0 atom stereocenters. The lowest BCUT2D eigenvalue weighted by Gasteiger charge is -2.32. The Labute approximate surface area is 174 Å². The van der Waals surface area contributed by atoms with Crippen LogP contribution in [0.4, 0.5) is 0 Å². The number of benzene rings is 2. The van der Waals surface area contributed by atoms with Gasteiger partial charge in [-0.25, -0.2) is 0 Å². The number of pyridine rings is 1. The number of aromatic nitrogens is 1. The summed E-state index contributed by atoms with van der Waals surface area (Å²) in [5.41, 5.74) is 1.79. The molecule has 0 unspecified atom stereocenters. The Bertz CT molecular complexity index is 1100. The average molecular weight is 403 g/mol. The van der Waals surface area contributed by atoms with Gasteiger partial charge in [0.1, 0.15) is 5.56 Å². The quantitative estimate of drug-likeness (QED) is 0.687. The van der Waals surface area contributed by atoms with Crippen LogP contribution in [0.5, 0.6) is 0 Å². The molecule has 0 bridgehead atoms. The van der Waals surface area contributed by atoms with Crippen molar-refractivity contribution in [3.63, 3.8) is 0 Å². The first kappa shape index (κ1) is 19.9. The van der Waals surface area contributed by atoms with Crippen LogP contribution in [0.15, 0.2) is 65.6 Å². The summed E-state index contributed by atoms with van der Waals surface area (Å²) >= 11 is 0. The van der Waals surface area contributed by atoms with E-state index in [9.17, 15) is 14.4 Å². The number of amides is 2. The van der Waals surface area contributed by atoms with Crippen molar-refractivity contribution in [2.24, 2.45) is 0 Å². The van der Waals surface area contributed by atoms with E-state index in [4.69, 9.17) is 0 Å². The van der Waals surface area contributed by atoms with Gasteiger partial charge in [-0.1, -0.05) is 42.5 Å². The third kappa shape index (κ3) is 4.43. The Kier molecular flexibility index (Phi) is 5.93. The minimum atomic E-state index is -0.254. The summed E-state index contributed by atoms with van der Waals surface area (Å²) in [5.74, 6) is -0.217. The van der Waals surface area contributed by atoms with Crippen LogP contribution in [-0.4, -0.2) is 40.8 Å². The lowest BCUT2D eigenvalue weighted by molar-refractivity contribution is -0.122. The van der Waals surface area contributed by atoms with Crippen LogP contribution >= 0.6 is 0 Å². The fraction of sp³-hybridized carbons (Fsp3) is 0.292. The minimum absolute atomic E-state index is 0.0367. The number of aromatic amines is 1. The topological polar surface area (TPSA) is 82.3 Å². The summed E-state index contributed by atoms with van der Waals surface area (Å²) in [6.45, 7) is 1.05. The summed E-state index contributed by atoms with van der Waals surface area (Å²) in [4.78, 5) is 42.5. The SMILES string of the molecule is O=C(CCc1ccccc1)NC1CCN(C(=O)c2c[nH]c3ccccc3c2=O)CC1. The predicted octanol–water partition coefficient (Wildman–Crippen LogP) is 2.88. The second-order valence-electron chi connectivity index (χ2n) is 7.70. The normalized spacial score (nSPS) is 14.6. The summed E-state index contributed by atoms with van der Waals surface area (Å²) in [6.07, 6.45) is 4.05. The van der Waals surface area contributed by atoms with E-state index in [0.717, 1.165) is 17.5 Å². The minimum Gasteiger partial charge on any atom is -0.360 e. The molecule has 1 aliphatic heterocycles. The summed E-state index contributed by atoms with van der Waals surface area (Å²) in [6, 6.07) is 17.2. The molecule has 1 aliphatic rings. The monoisotopic (exact) mass is 403 g/mol. The third-order valence-electron chi connectivity index (χ3n) is 5.65. The zero-order valence-electron chi connectivity index (χ0n) is 16.8. The van der Waals surface area contributed by atoms with E-state index in [0.29, 0.717) is 37.7 Å². The molecule has 6 nitrogen and oxygen atoms in total. The maximum atomic E-state index is 12.9. The molecule has 30 heavy (non-hydrogen) atoms. The van der Waals surface area contributed by atoms with Gasteiger partial charge >= 0.3 is 0 Å². The van der Waals surface area contributed by atoms with Crippen molar-refractivity contribution < 1.29 is 9.59 Å². The highest BCUT2D eigenvalue weighted by Gasteiger charge is 2.26. The number of fused-ring (bicyclic) bond motifs is 1. The van der Waals surface area contributed by atoms with Crippen molar-refractivity contribution in [2.75, 3.05) is 13.1 Å². The van der Waals surface area contributed by atoms with Gasteiger partial charge in [-0.3, -0.25) is 14.4 Å². The van der Waals surface area contributed by atoms with E-state index >= 15 is 0 Å². The summed E-state index contributed by atoms with van der Waals surface area (Å²) in [5, 5.41) is 3.60. The molecule has 3 aromatic rings. The Balaban J connectivity index is 1.31. The van der Waals surface area contributed by atoms with Crippen LogP contribution in [0.25, 0.3) is 10.9 Å². The standard InChI is InChI=1S/C24H25N3O3/c28-22(11-10-17-6-2-1-3-7-17)26-18-12-14-27(15-13-18)24(30)20-16-25-21-9-5-4-8-19(21)23(20)29/h1-9,16,18H,10-15H2,(H,25,29)(H,26,28). The lowest BCUT2D eigenvalue weighted by atomic mass is 10.0. The number of nitrogens with one attached hydrogen (secondary N) is 2. The number of carbonyl (C=O) groups excluding carboxylic acids is 2. The van der Waals surface area contributed by atoms with Crippen LogP contribution in [0, 0.1) is 0 Å². The van der Waals surface area contributed by atoms with Crippen molar-refractivity contribution >= 4 is 22.7 Å². The Hall–Kier alpha value is -3.41. The molecule has 2 aromatic carbocycles. The van der Waals surface area contributed by atoms with Crippen LogP contribution in [0.2, 0.25) is 0 Å². The fourth-order valence-electron chi connectivity index (χ4n) is 3.93. The first-order valence-corrected chi connectivity index (χ1v) is 10.3. The van der Waals surface area contributed by atoms with Gasteiger partial charge in [-0.2, -0.15) is 0 Å². The van der Waals surface area contributed by atoms with E-state index in [1.165, 1.54) is 6.20 Å². The molecule has 0 aliphatic carbocycles. The molecule has 2 heterocycles. The summed E-state index contributed by atoms with van der Waals surface area (Å²) in [7, 11) is 0. The maximum absolute atomic E-state index is 12.9. The lowest BCUT2D eigenvalue weighted by Crippen LogP contribution is -2.47. The van der Waals surface area contributed by atoms with E-state index in [2.05, 4.69) is 10.3 Å². The molecular weight excluding hydrogens is 378 g/mol. The molecule has 2 amide bonds. The van der Waals surface area contributed by atoms with Gasteiger partial charge in [0, 0.05) is 42.7 Å². The first-order valence-electron chi connectivity index (χ1n) is 10.3. The van der Waals surface area contributed by atoms with E-state index in [1.54, 1.807) is 17.0 Å². The van der Waals surface area contributed by atoms with Crippen LogP contribution in [-0.2, 0) is 11.2 Å². The third-order valence-corrected chi connectivity index (χ3v) is 5.65. The van der Waals surface area contributed by atoms with Gasteiger partial charge in [0.2, 0.25) is 11.3 Å². The van der Waals surface area contributed by atoms with Gasteiger partial charge in [0.25, 0.3) is 5.91 Å². The number of rotatable bonds is 5. The number of piperidine rings is 1. The first-order chi connectivity index (χ1) is 14.6. The van der Waals surface area contributed by atoms with Crippen molar-refractivity contribution in [3.8, 4) is 0 Å². The van der Waals surface area contributed by atoms with Crippen LogP contribution in [0.1, 0.15) is 35.2 Å². The molecule has 1 saturated heterocycles. The molecule has 1 aromatic heterocycles. The highest BCUT2D eigenvalue weighted by Crippen LogP contribution is 2.15. The van der Waals surface area contributed by atoms with Crippen LogP contribution < -0.4 is 10.7 Å². The van der Waals surface area contributed by atoms with Crippen molar-refractivity contribution in [3.05, 3.63) is 82.1 Å². The number of nitrogens with zero attached hydrogens (tertiary/aromatic N) is 1. The maximum Gasteiger partial charge on any atom is 0.259 e. The van der Waals surface area contributed by atoms with Gasteiger partial charge in [-0.15, -0.1) is 0 Å². The summed E-state index contributed by atoms with van der Waals surface area (Å²) < 4.78 is 0. The number of hydrogen-bond donors (Lipinski definition) is 2. The smallest absolute Gasteiger partial charge is 0.259 e. The Morgan fingerprint density at radius 1 is 1.00 bits per heavy atom. The molecule has 1 fully saturated rings. The molecule has 0 radical (unpaired) electrons. The van der Waals surface area contributed by atoms with Gasteiger partial charge in [0.15, 0.2) is 0 Å². The molecule has 154 valence electrons. The van der Waals surface area contributed by atoms with Gasteiger partial charge in [0.05, 0.1) is 0 Å². The molecule has 4 rings (SSSR count). The van der Waals surface area contributed by atoms with Crippen molar-refractivity contribution in [1.29, 1.82) is 0 Å². The van der Waals surface area contributed by atoms with E-state index in [-0.39, 0.29) is 28.8 Å². The van der Waals surface area contributed by atoms with Crippen molar-refractivity contribution in [2.45, 2.75) is 31.7 Å². The Morgan fingerprint density at radius 2 is 1.70 bits per heavy atom. The van der Waals surface area contributed by atoms with E-state index in [1.807, 2.05) is 42.5 Å². The van der Waals surface area contributed by atoms with Crippen molar-refractivity contribution in [1.82, 2.24) is 15.2 Å². The Morgan fingerprint density at radius 3 is 2.47 bits per heavy atom. The largest absolute Gasteiger partial charge is 0.360 e. The zero-order chi connectivity index (χ0) is 20.9. The number of carbonyl (C=O) groups is 2. The second kappa shape index (κ2) is 8.95. The van der Waals surface area contributed by atoms with E-state index < -0.39 is 0 Å². The average Bonchev–Trinajstić information content (AvgIpc) is 2.79. The molecule has 0 saturated carbocycles. The van der Waals surface area contributed by atoms with Crippen LogP contribution in [0.3, 0.4) is 0 Å². The molecule has 6 heteroatoms. The molecule has 0 spiro atoms. The molecular formula is C24H25N3O3. The molecule has 2 N–H and O–H groups in total. The van der Waals surface area contributed by atoms with Gasteiger partial charge in [-0.05, 0) is 37.0 Å². The number of H-pyrrole nitrogens is 1. The highest BCUT2D eigenvalue weighted by molar-refractivity contribution is 5.97. The highest BCUT2D eigenvalue weighted by atomic mass is 16.2. The number of hydrogen-bond acceptors (Lipinski definition) is 3. The zero-order valence-corrected chi connectivity index (χ0v) is 16.8. The number of likely N-dealkylation sites (tertiary alicyclic amines) is 1. The fourth-order valence-corrected chi connectivity index (χ4v) is 3.93.